The van der Waals surface area contributed by atoms with E-state index in [1.807, 2.05) is 19.1 Å². The molecule has 1 heterocycles. The summed E-state index contributed by atoms with van der Waals surface area (Å²) in [4.78, 5) is 0. The molecular formula is C9H8BrClN4. The standard InChI is InChI=1S/C9H8BrClN4/c1-5-9(12)13-14-15(5)8-4-6(10)2-3-7(8)11/h2-4H,12H2,1H3. The van der Waals surface area contributed by atoms with Crippen molar-refractivity contribution in [3.05, 3.63) is 33.4 Å². The Hall–Kier alpha value is -1.07. The molecule has 0 aliphatic heterocycles. The quantitative estimate of drug-likeness (QED) is 0.877. The normalized spacial score (nSPS) is 10.6. The van der Waals surface area contributed by atoms with Crippen molar-refractivity contribution in [2.24, 2.45) is 0 Å². The number of rotatable bonds is 1. The van der Waals surface area contributed by atoms with E-state index in [1.165, 1.54) is 0 Å². The minimum Gasteiger partial charge on any atom is -0.381 e. The second-order valence-electron chi connectivity index (χ2n) is 3.07. The van der Waals surface area contributed by atoms with Gasteiger partial charge in [-0.3, -0.25) is 0 Å². The van der Waals surface area contributed by atoms with Gasteiger partial charge in [0.25, 0.3) is 0 Å². The van der Waals surface area contributed by atoms with Crippen molar-refractivity contribution in [3.63, 3.8) is 0 Å². The highest BCUT2D eigenvalue weighted by Gasteiger charge is 2.10. The van der Waals surface area contributed by atoms with Crippen molar-refractivity contribution in [3.8, 4) is 5.69 Å². The monoisotopic (exact) mass is 286 g/mol. The summed E-state index contributed by atoms with van der Waals surface area (Å²) in [5, 5.41) is 8.31. The van der Waals surface area contributed by atoms with E-state index in [9.17, 15) is 0 Å². The van der Waals surface area contributed by atoms with Gasteiger partial charge in [0.1, 0.15) is 0 Å². The number of hydrogen-bond donors (Lipinski definition) is 1. The summed E-state index contributed by atoms with van der Waals surface area (Å²) < 4.78 is 2.54. The first-order valence-electron chi connectivity index (χ1n) is 4.23. The molecule has 15 heavy (non-hydrogen) atoms. The topological polar surface area (TPSA) is 56.7 Å². The van der Waals surface area contributed by atoms with Crippen LogP contribution in [0.5, 0.6) is 0 Å². The number of nitrogen functional groups attached to an aromatic ring is 1. The molecule has 0 bridgehead atoms. The zero-order valence-corrected chi connectivity index (χ0v) is 10.2. The highest BCUT2D eigenvalue weighted by Crippen LogP contribution is 2.25. The first-order valence-corrected chi connectivity index (χ1v) is 5.40. The number of aromatic nitrogens is 3. The van der Waals surface area contributed by atoms with Crippen molar-refractivity contribution < 1.29 is 0 Å². The van der Waals surface area contributed by atoms with Gasteiger partial charge in [-0.1, -0.05) is 32.7 Å². The molecule has 0 spiro atoms. The second kappa shape index (κ2) is 3.83. The Morgan fingerprint density at radius 2 is 2.20 bits per heavy atom. The summed E-state index contributed by atoms with van der Waals surface area (Å²) in [7, 11) is 0. The van der Waals surface area contributed by atoms with E-state index in [1.54, 1.807) is 10.7 Å². The summed E-state index contributed by atoms with van der Waals surface area (Å²) in [6.45, 7) is 1.84. The fourth-order valence-corrected chi connectivity index (χ4v) is 1.76. The molecule has 4 nitrogen and oxygen atoms in total. The van der Waals surface area contributed by atoms with Gasteiger partial charge in [-0.25, -0.2) is 4.68 Å². The molecule has 2 N–H and O–H groups in total. The number of nitrogens with zero attached hydrogens (tertiary/aromatic N) is 3. The molecule has 0 saturated carbocycles. The maximum absolute atomic E-state index is 6.06. The number of anilines is 1. The molecule has 0 amide bonds. The van der Waals surface area contributed by atoms with Crippen LogP contribution in [0.1, 0.15) is 5.69 Å². The van der Waals surface area contributed by atoms with E-state index < -0.39 is 0 Å². The third kappa shape index (κ3) is 1.85. The summed E-state index contributed by atoms with van der Waals surface area (Å²) in [5.74, 6) is 0.408. The van der Waals surface area contributed by atoms with Gasteiger partial charge >= 0.3 is 0 Å². The van der Waals surface area contributed by atoms with Gasteiger partial charge in [-0.05, 0) is 25.1 Å². The Bertz CT molecular complexity index is 509. The number of benzene rings is 1. The number of nitrogens with two attached hydrogens (primary N) is 1. The second-order valence-corrected chi connectivity index (χ2v) is 4.39. The lowest BCUT2D eigenvalue weighted by atomic mass is 10.3. The van der Waals surface area contributed by atoms with Gasteiger partial charge in [0, 0.05) is 4.47 Å². The van der Waals surface area contributed by atoms with Gasteiger partial charge in [0.05, 0.1) is 16.4 Å². The minimum atomic E-state index is 0.408. The molecule has 6 heteroatoms. The average Bonchev–Trinajstić information content (AvgIpc) is 2.52. The molecule has 2 aromatic rings. The van der Waals surface area contributed by atoms with Gasteiger partial charge in [-0.2, -0.15) is 0 Å². The molecule has 0 unspecified atom stereocenters. The lowest BCUT2D eigenvalue weighted by molar-refractivity contribution is 0.785. The Morgan fingerprint density at radius 1 is 1.47 bits per heavy atom. The van der Waals surface area contributed by atoms with Crippen LogP contribution in [0.4, 0.5) is 5.82 Å². The maximum atomic E-state index is 6.06. The molecule has 0 radical (unpaired) electrons. The van der Waals surface area contributed by atoms with Crippen LogP contribution < -0.4 is 5.73 Å². The Balaban J connectivity index is 2.63. The summed E-state index contributed by atoms with van der Waals surface area (Å²) in [6, 6.07) is 5.52. The van der Waals surface area contributed by atoms with Gasteiger partial charge in [0.15, 0.2) is 5.82 Å². The fraction of sp³-hybridized carbons (Fsp3) is 0.111. The molecule has 1 aromatic carbocycles. The molecule has 0 atom stereocenters. The lowest BCUT2D eigenvalue weighted by Crippen LogP contribution is -2.00. The summed E-state index contributed by atoms with van der Waals surface area (Å²) in [6.07, 6.45) is 0. The zero-order chi connectivity index (χ0) is 11.0. The molecule has 0 fully saturated rings. The van der Waals surface area contributed by atoms with Crippen LogP contribution in [-0.2, 0) is 0 Å². The van der Waals surface area contributed by atoms with Crippen LogP contribution in [0.3, 0.4) is 0 Å². The predicted molar refractivity (Wildman–Crippen MR) is 63.2 cm³/mol. The van der Waals surface area contributed by atoms with E-state index in [0.29, 0.717) is 10.8 Å². The third-order valence-corrected chi connectivity index (χ3v) is 2.88. The van der Waals surface area contributed by atoms with Gasteiger partial charge in [-0.15, -0.1) is 5.10 Å². The van der Waals surface area contributed by atoms with Crippen molar-refractivity contribution in [1.29, 1.82) is 0 Å². The Morgan fingerprint density at radius 3 is 2.80 bits per heavy atom. The van der Waals surface area contributed by atoms with E-state index >= 15 is 0 Å². The zero-order valence-electron chi connectivity index (χ0n) is 7.91. The molecule has 1 aromatic heterocycles. The first-order chi connectivity index (χ1) is 7.09. The smallest absolute Gasteiger partial charge is 0.169 e. The summed E-state index contributed by atoms with van der Waals surface area (Å²) >= 11 is 9.44. The van der Waals surface area contributed by atoms with Gasteiger partial charge in [0.2, 0.25) is 0 Å². The first kappa shape index (κ1) is 10.4. The highest BCUT2D eigenvalue weighted by atomic mass is 79.9. The highest BCUT2D eigenvalue weighted by molar-refractivity contribution is 9.10. The van der Waals surface area contributed by atoms with E-state index in [-0.39, 0.29) is 0 Å². The van der Waals surface area contributed by atoms with E-state index in [4.69, 9.17) is 17.3 Å². The van der Waals surface area contributed by atoms with Crippen LogP contribution in [0.2, 0.25) is 5.02 Å². The van der Waals surface area contributed by atoms with Crippen molar-refractivity contribution in [2.75, 3.05) is 5.73 Å². The maximum Gasteiger partial charge on any atom is 0.169 e. The van der Waals surface area contributed by atoms with Crippen LogP contribution in [0, 0.1) is 6.92 Å². The largest absolute Gasteiger partial charge is 0.381 e. The Kier molecular flexibility index (Phi) is 2.67. The number of hydrogen-bond acceptors (Lipinski definition) is 3. The van der Waals surface area contributed by atoms with Gasteiger partial charge < -0.3 is 5.73 Å². The van der Waals surface area contributed by atoms with Crippen LogP contribution in [0.25, 0.3) is 5.69 Å². The molecule has 0 aliphatic rings. The molecule has 0 saturated heterocycles. The Labute approximate surface area is 100 Å². The van der Waals surface area contributed by atoms with Crippen LogP contribution in [-0.4, -0.2) is 15.0 Å². The van der Waals surface area contributed by atoms with E-state index in [2.05, 4.69) is 26.2 Å². The van der Waals surface area contributed by atoms with E-state index in [0.717, 1.165) is 15.9 Å². The molecular weight excluding hydrogens is 279 g/mol. The molecule has 0 aliphatic carbocycles. The minimum absolute atomic E-state index is 0.408. The lowest BCUT2D eigenvalue weighted by Gasteiger charge is -2.05. The number of halogens is 2. The predicted octanol–water partition coefficient (Wildman–Crippen LogP) is 2.57. The van der Waals surface area contributed by atoms with Crippen molar-refractivity contribution in [2.45, 2.75) is 6.92 Å². The SMILES string of the molecule is Cc1c(N)nnn1-c1cc(Br)ccc1Cl. The van der Waals surface area contributed by atoms with Crippen LogP contribution >= 0.6 is 27.5 Å². The van der Waals surface area contributed by atoms with Crippen molar-refractivity contribution in [1.82, 2.24) is 15.0 Å². The molecule has 2 rings (SSSR count). The average molecular weight is 288 g/mol. The molecule has 78 valence electrons. The van der Waals surface area contributed by atoms with Crippen molar-refractivity contribution >= 4 is 33.3 Å². The van der Waals surface area contributed by atoms with Crippen LogP contribution in [0.15, 0.2) is 22.7 Å². The summed E-state index contributed by atoms with van der Waals surface area (Å²) in [5.41, 5.74) is 7.15. The fourth-order valence-electron chi connectivity index (χ4n) is 1.22. The third-order valence-electron chi connectivity index (χ3n) is 2.07.